The molecule has 0 aliphatic rings. The molecule has 0 unspecified atom stereocenters. The van der Waals surface area contributed by atoms with Gasteiger partial charge in [-0.3, -0.25) is 4.79 Å². The van der Waals surface area contributed by atoms with E-state index in [1.54, 1.807) is 26.0 Å². The van der Waals surface area contributed by atoms with Crippen LogP contribution in [0.4, 0.5) is 0 Å². The Kier molecular flexibility index (Phi) is 3.36. The fourth-order valence-corrected chi connectivity index (χ4v) is 2.59. The maximum Gasteiger partial charge on any atom is 0.396 e. The lowest BCUT2D eigenvalue weighted by Gasteiger charge is -2.19. The van der Waals surface area contributed by atoms with Crippen LogP contribution in [0.5, 0.6) is 5.75 Å². The first-order chi connectivity index (χ1) is 8.83. The van der Waals surface area contributed by atoms with Crippen molar-refractivity contribution in [1.29, 1.82) is 0 Å². The van der Waals surface area contributed by atoms with Crippen LogP contribution < -0.4 is 9.68 Å². The number of hydrogen-bond acceptors (Lipinski definition) is 5. The van der Waals surface area contributed by atoms with E-state index in [0.717, 1.165) is 16.9 Å². The second kappa shape index (κ2) is 4.70. The van der Waals surface area contributed by atoms with Gasteiger partial charge in [-0.05, 0) is 38.0 Å². The number of hydrogen-bond donors (Lipinski definition) is 1. The van der Waals surface area contributed by atoms with Crippen LogP contribution in [-0.4, -0.2) is 18.2 Å². The molecule has 0 aliphatic heterocycles. The van der Waals surface area contributed by atoms with E-state index in [9.17, 15) is 9.59 Å². The van der Waals surface area contributed by atoms with Crippen molar-refractivity contribution in [3.05, 3.63) is 27.4 Å². The van der Waals surface area contributed by atoms with Crippen molar-refractivity contribution in [3.63, 3.8) is 0 Å². The molecule has 2 rings (SSSR count). The average molecular weight is 282 g/mol. The van der Waals surface area contributed by atoms with Crippen molar-refractivity contribution in [2.24, 2.45) is 5.41 Å². The predicted molar refractivity (Wildman–Crippen MR) is 72.0 cm³/mol. The third-order valence-electron chi connectivity index (χ3n) is 2.90. The number of carboxylic acids is 1. The molecule has 1 aromatic heterocycles. The molecule has 1 N–H and O–H groups in total. The quantitative estimate of drug-likeness (QED) is 0.932. The van der Waals surface area contributed by atoms with Crippen LogP contribution in [-0.2, 0) is 11.2 Å². The van der Waals surface area contributed by atoms with Crippen molar-refractivity contribution in [3.8, 4) is 5.75 Å². The van der Waals surface area contributed by atoms with Gasteiger partial charge in [-0.25, -0.2) is 4.79 Å². The Morgan fingerprint density at radius 1 is 1.47 bits per heavy atom. The fraction of sp³-hybridized carbons (Fsp3) is 0.385. The highest BCUT2D eigenvalue weighted by atomic mass is 32.1. The molecule has 0 amide bonds. The molecule has 6 heteroatoms. The van der Waals surface area contributed by atoms with Crippen LogP contribution in [0.1, 0.15) is 19.4 Å². The van der Waals surface area contributed by atoms with Crippen molar-refractivity contribution < 1.29 is 19.1 Å². The molecule has 0 fully saturated rings. The third kappa shape index (κ3) is 2.63. The average Bonchev–Trinajstić information content (AvgIpc) is 2.67. The Balaban J connectivity index is 2.50. The summed E-state index contributed by atoms with van der Waals surface area (Å²) < 4.78 is 10.9. The molecule has 102 valence electrons. The summed E-state index contributed by atoms with van der Waals surface area (Å²) >= 11 is 0.981. The minimum Gasteiger partial charge on any atom is -0.493 e. The molecule has 5 nitrogen and oxygen atoms in total. The molecule has 0 atom stereocenters. The summed E-state index contributed by atoms with van der Waals surface area (Å²) in [6, 6.07) is 3.49. The van der Waals surface area contributed by atoms with Gasteiger partial charge in [0.2, 0.25) is 0 Å². The van der Waals surface area contributed by atoms with E-state index < -0.39 is 16.3 Å². The van der Waals surface area contributed by atoms with Gasteiger partial charge in [0.1, 0.15) is 0 Å². The van der Waals surface area contributed by atoms with Crippen molar-refractivity contribution in [1.82, 2.24) is 0 Å². The van der Waals surface area contributed by atoms with E-state index in [-0.39, 0.29) is 0 Å². The molecule has 0 bridgehead atoms. The van der Waals surface area contributed by atoms with Gasteiger partial charge < -0.3 is 14.3 Å². The number of ether oxygens (including phenoxy) is 1. The molecule has 0 saturated carbocycles. The summed E-state index contributed by atoms with van der Waals surface area (Å²) in [5.41, 5.74) is 0.330. The summed E-state index contributed by atoms with van der Waals surface area (Å²) in [6.07, 6.45) is 0.348. The molecule has 1 aromatic carbocycles. The number of carboxylic acid groups (broad SMARTS) is 1. The summed E-state index contributed by atoms with van der Waals surface area (Å²) in [7, 11) is 1.48. The lowest BCUT2D eigenvalue weighted by molar-refractivity contribution is -0.146. The van der Waals surface area contributed by atoms with Gasteiger partial charge >= 0.3 is 10.9 Å². The Hall–Kier alpha value is -1.82. The van der Waals surface area contributed by atoms with Crippen LogP contribution in [0.2, 0.25) is 0 Å². The second-order valence-electron chi connectivity index (χ2n) is 4.95. The Labute approximate surface area is 113 Å². The number of fused-ring (bicyclic) bond motifs is 1. The molecule has 1 heterocycles. The highest BCUT2D eigenvalue weighted by molar-refractivity contribution is 7.16. The highest BCUT2D eigenvalue weighted by Crippen LogP contribution is 2.32. The number of benzene rings is 1. The van der Waals surface area contributed by atoms with Gasteiger partial charge in [0.15, 0.2) is 11.3 Å². The normalized spacial score (nSPS) is 11.7. The minimum absolute atomic E-state index is 0.348. The minimum atomic E-state index is -0.882. The largest absolute Gasteiger partial charge is 0.493 e. The summed E-state index contributed by atoms with van der Waals surface area (Å²) in [6.45, 7) is 3.31. The number of rotatable bonds is 4. The second-order valence-corrected chi connectivity index (χ2v) is 5.92. The lowest BCUT2D eigenvalue weighted by atomic mass is 9.86. The van der Waals surface area contributed by atoms with Gasteiger partial charge in [0.25, 0.3) is 0 Å². The maximum absolute atomic E-state index is 11.3. The van der Waals surface area contributed by atoms with Crippen LogP contribution in [0, 0.1) is 5.41 Å². The molecule has 0 aliphatic carbocycles. The fourth-order valence-electron chi connectivity index (χ4n) is 1.84. The Morgan fingerprint density at radius 3 is 2.74 bits per heavy atom. The monoisotopic (exact) mass is 282 g/mol. The topological polar surface area (TPSA) is 76.7 Å². The zero-order valence-corrected chi connectivity index (χ0v) is 11.7. The van der Waals surface area contributed by atoms with Gasteiger partial charge in [-0.2, -0.15) is 0 Å². The summed E-state index contributed by atoms with van der Waals surface area (Å²) in [5.74, 6) is -0.418. The molecule has 19 heavy (non-hydrogen) atoms. The first kappa shape index (κ1) is 13.6. The smallest absolute Gasteiger partial charge is 0.396 e. The summed E-state index contributed by atoms with van der Waals surface area (Å²) in [4.78, 5) is 22.0. The highest BCUT2D eigenvalue weighted by Gasteiger charge is 2.28. The lowest BCUT2D eigenvalue weighted by Crippen LogP contribution is -2.26. The maximum atomic E-state index is 11.3. The van der Waals surface area contributed by atoms with Gasteiger partial charge in [-0.1, -0.05) is 11.3 Å². The number of carbonyl (C=O) groups is 1. The zero-order chi connectivity index (χ0) is 14.2. The predicted octanol–water partition coefficient (Wildman–Crippen LogP) is 2.52. The first-order valence-electron chi connectivity index (χ1n) is 5.67. The van der Waals surface area contributed by atoms with E-state index in [4.69, 9.17) is 14.3 Å². The van der Waals surface area contributed by atoms with Crippen LogP contribution >= 0.6 is 11.3 Å². The number of aliphatic carboxylic acids is 1. The Morgan fingerprint density at radius 2 is 2.16 bits per heavy atom. The van der Waals surface area contributed by atoms with Crippen molar-refractivity contribution in [2.75, 3.05) is 7.11 Å². The van der Waals surface area contributed by atoms with Crippen molar-refractivity contribution in [2.45, 2.75) is 20.3 Å². The number of methoxy groups -OCH3 is 1. The molecule has 0 saturated heterocycles. The summed E-state index contributed by atoms with van der Waals surface area (Å²) in [5, 5.41) is 9.15. The van der Waals surface area contributed by atoms with Gasteiger partial charge in [-0.15, -0.1) is 0 Å². The van der Waals surface area contributed by atoms with E-state index in [2.05, 4.69) is 0 Å². The van der Waals surface area contributed by atoms with E-state index >= 15 is 0 Å². The van der Waals surface area contributed by atoms with E-state index in [1.807, 2.05) is 0 Å². The van der Waals surface area contributed by atoms with Crippen molar-refractivity contribution >= 4 is 27.6 Å². The van der Waals surface area contributed by atoms with Crippen LogP contribution in [0.15, 0.2) is 21.3 Å². The van der Waals surface area contributed by atoms with E-state index in [1.165, 1.54) is 7.11 Å². The zero-order valence-electron chi connectivity index (χ0n) is 10.9. The molecule has 2 aromatic rings. The van der Waals surface area contributed by atoms with Crippen LogP contribution in [0.25, 0.3) is 10.3 Å². The Bertz CT molecular complexity index is 680. The van der Waals surface area contributed by atoms with Gasteiger partial charge in [0, 0.05) is 0 Å². The SMILES string of the molecule is COc1cc(CC(C)(C)C(=O)O)cc2sc(=O)oc12. The first-order valence-corrected chi connectivity index (χ1v) is 6.49. The molecule has 0 radical (unpaired) electrons. The third-order valence-corrected chi connectivity index (χ3v) is 3.68. The van der Waals surface area contributed by atoms with Crippen LogP contribution in [0.3, 0.4) is 0 Å². The van der Waals surface area contributed by atoms with Gasteiger partial charge in [0.05, 0.1) is 17.2 Å². The van der Waals surface area contributed by atoms with E-state index in [0.29, 0.717) is 22.5 Å². The molecular formula is C13H14O5S. The standard InChI is InChI=1S/C13H14O5S/c1-13(2,11(14)15)6-7-4-8(17-3)10-9(5-7)19-12(16)18-10/h4-5H,6H2,1-3H3,(H,14,15). The molecule has 0 spiro atoms. The molecular weight excluding hydrogens is 268 g/mol.